The number of allylic oxidation sites excluding steroid dienone is 1. The maximum atomic E-state index is 10.5. The number of aliphatic carboxylic acids is 1. The molecule has 4 atom stereocenters. The van der Waals surface area contributed by atoms with Crippen molar-refractivity contribution in [2.45, 2.75) is 70.0 Å². The van der Waals surface area contributed by atoms with E-state index in [-0.39, 0.29) is 24.2 Å². The van der Waals surface area contributed by atoms with Crippen molar-refractivity contribution < 1.29 is 25.0 Å². The van der Waals surface area contributed by atoms with Gasteiger partial charge in [-0.3, -0.25) is 15.1 Å². The highest BCUT2D eigenvalue weighted by molar-refractivity contribution is 5.66. The van der Waals surface area contributed by atoms with Crippen molar-refractivity contribution >= 4 is 5.97 Å². The third-order valence-corrected chi connectivity index (χ3v) is 5.86. The van der Waals surface area contributed by atoms with Crippen molar-refractivity contribution in [2.75, 3.05) is 6.61 Å². The highest BCUT2D eigenvalue weighted by Gasteiger charge is 2.45. The van der Waals surface area contributed by atoms with E-state index < -0.39 is 18.2 Å². The van der Waals surface area contributed by atoms with Crippen molar-refractivity contribution in [1.29, 1.82) is 0 Å². The summed E-state index contributed by atoms with van der Waals surface area (Å²) in [5.74, 6) is 5.74. The quantitative estimate of drug-likeness (QED) is 0.314. The minimum absolute atomic E-state index is 0.0932. The van der Waals surface area contributed by atoms with E-state index in [2.05, 4.69) is 17.3 Å². The van der Waals surface area contributed by atoms with Gasteiger partial charge in [-0.1, -0.05) is 31.1 Å². The molecule has 144 valence electrons. The minimum atomic E-state index is -0.824. The number of aliphatic hydroxyl groups is 2. The molecule has 0 spiro atoms. The number of carboxylic acid groups (broad SMARTS) is 1. The molecule has 0 aliphatic heterocycles. The number of hydrogen-bond acceptors (Lipinski definition) is 5. The van der Waals surface area contributed by atoms with Gasteiger partial charge in [0.1, 0.15) is 6.10 Å². The van der Waals surface area contributed by atoms with Gasteiger partial charge in [-0.15, -0.1) is 0 Å². The lowest BCUT2D eigenvalue weighted by molar-refractivity contribution is -0.137. The summed E-state index contributed by atoms with van der Waals surface area (Å²) in [6.07, 6.45) is 6.55. The third kappa shape index (κ3) is 4.59. The third-order valence-electron chi connectivity index (χ3n) is 5.86. The van der Waals surface area contributed by atoms with E-state index in [0.29, 0.717) is 19.4 Å². The number of aliphatic hydroxyl groups excluding tert-OH is 2. The maximum Gasteiger partial charge on any atom is 0.303 e. The van der Waals surface area contributed by atoms with Gasteiger partial charge in [0.05, 0.1) is 18.6 Å². The summed E-state index contributed by atoms with van der Waals surface area (Å²) in [5, 5.41) is 29.2. The van der Waals surface area contributed by atoms with Gasteiger partial charge in [-0.05, 0) is 43.6 Å². The van der Waals surface area contributed by atoms with Crippen LogP contribution in [-0.2, 0) is 9.63 Å². The fourth-order valence-electron chi connectivity index (χ4n) is 4.29. The Morgan fingerprint density at radius 1 is 1.27 bits per heavy atom. The number of nitrogens with one attached hydrogen (secondary N) is 1. The second kappa shape index (κ2) is 8.90. The molecular weight excluding hydrogens is 334 g/mol. The fourth-order valence-corrected chi connectivity index (χ4v) is 4.29. The number of carbonyl (C=O) groups is 1. The second-order valence-corrected chi connectivity index (χ2v) is 7.69. The van der Waals surface area contributed by atoms with Crippen LogP contribution in [0.15, 0.2) is 11.3 Å². The summed E-state index contributed by atoms with van der Waals surface area (Å²) in [6, 6.07) is 0. The molecule has 2 saturated carbocycles. The summed E-state index contributed by atoms with van der Waals surface area (Å²) in [4.78, 5) is 15.8. The van der Waals surface area contributed by atoms with Crippen LogP contribution in [0, 0.1) is 29.6 Å². The largest absolute Gasteiger partial charge is 0.481 e. The van der Waals surface area contributed by atoms with Crippen LogP contribution < -0.4 is 5.48 Å². The number of fused-ring (bicyclic) bond motifs is 1. The van der Waals surface area contributed by atoms with Gasteiger partial charge in [0.15, 0.2) is 0 Å². The normalized spacial score (nSPS) is 29.4. The highest BCUT2D eigenvalue weighted by Crippen LogP contribution is 2.48. The lowest BCUT2D eigenvalue weighted by Gasteiger charge is -2.30. The van der Waals surface area contributed by atoms with Crippen LogP contribution >= 0.6 is 0 Å². The molecule has 6 heteroatoms. The lowest BCUT2D eigenvalue weighted by Crippen LogP contribution is -2.30. The fraction of sp³-hybridized carbons (Fsp3) is 0.750. The Morgan fingerprint density at radius 3 is 2.77 bits per heavy atom. The zero-order valence-corrected chi connectivity index (χ0v) is 15.1. The standard InChI is InChI=1S/C20H29NO5/c22-18(13-5-2-1-3-6-13)9-8-14-15-11-17(16(15)12-19(14)23)21-26-10-4-7-20(24)25/h13-15,18-19,21-23H,1-7,10-12H2,(H,24,25). The van der Waals surface area contributed by atoms with Crippen LogP contribution in [0.4, 0.5) is 0 Å². The Balaban J connectivity index is 1.48. The maximum absolute atomic E-state index is 10.5. The monoisotopic (exact) mass is 363 g/mol. The minimum Gasteiger partial charge on any atom is -0.481 e. The molecular formula is C20H29NO5. The molecule has 0 bridgehead atoms. The second-order valence-electron chi connectivity index (χ2n) is 7.69. The van der Waals surface area contributed by atoms with E-state index in [0.717, 1.165) is 30.5 Å². The average Bonchev–Trinajstić information content (AvgIpc) is 2.87. The summed E-state index contributed by atoms with van der Waals surface area (Å²) >= 11 is 0. The summed E-state index contributed by atoms with van der Waals surface area (Å²) in [7, 11) is 0. The van der Waals surface area contributed by atoms with Crippen molar-refractivity contribution in [3.63, 3.8) is 0 Å². The molecule has 26 heavy (non-hydrogen) atoms. The lowest BCUT2D eigenvalue weighted by atomic mass is 9.79. The Bertz CT molecular complexity index is 599. The predicted octanol–water partition coefficient (Wildman–Crippen LogP) is 1.97. The van der Waals surface area contributed by atoms with Gasteiger partial charge in [-0.25, -0.2) is 0 Å². The molecule has 3 rings (SSSR count). The average molecular weight is 363 g/mol. The molecule has 4 N–H and O–H groups in total. The molecule has 6 nitrogen and oxygen atoms in total. The first kappa shape index (κ1) is 19.2. The first-order valence-electron chi connectivity index (χ1n) is 9.75. The smallest absolute Gasteiger partial charge is 0.303 e. The number of rotatable bonds is 7. The van der Waals surface area contributed by atoms with Crippen LogP contribution in [0.1, 0.15) is 57.8 Å². The Labute approximate surface area is 154 Å². The van der Waals surface area contributed by atoms with Crippen LogP contribution in [-0.4, -0.2) is 40.1 Å². The molecule has 0 aromatic rings. The Kier molecular flexibility index (Phi) is 6.58. The highest BCUT2D eigenvalue weighted by atomic mass is 16.6. The van der Waals surface area contributed by atoms with Gasteiger partial charge < -0.3 is 15.3 Å². The van der Waals surface area contributed by atoms with E-state index in [1.165, 1.54) is 19.3 Å². The topological polar surface area (TPSA) is 99.0 Å². The molecule has 0 amide bonds. The molecule has 2 fully saturated rings. The number of carboxylic acids is 1. The molecule has 4 unspecified atom stereocenters. The van der Waals surface area contributed by atoms with E-state index in [9.17, 15) is 15.0 Å². The summed E-state index contributed by atoms with van der Waals surface area (Å²) in [6.45, 7) is 0.340. The van der Waals surface area contributed by atoms with E-state index in [4.69, 9.17) is 9.94 Å². The molecule has 0 heterocycles. The van der Waals surface area contributed by atoms with Crippen molar-refractivity contribution in [3.05, 3.63) is 11.3 Å². The Hall–Kier alpha value is -1.55. The van der Waals surface area contributed by atoms with Crippen LogP contribution in [0.2, 0.25) is 0 Å². The molecule has 0 saturated heterocycles. The van der Waals surface area contributed by atoms with Crippen LogP contribution in [0.3, 0.4) is 0 Å². The summed E-state index contributed by atoms with van der Waals surface area (Å²) < 4.78 is 0. The van der Waals surface area contributed by atoms with E-state index >= 15 is 0 Å². The van der Waals surface area contributed by atoms with Gasteiger partial charge in [0.2, 0.25) is 0 Å². The van der Waals surface area contributed by atoms with E-state index in [1.54, 1.807) is 0 Å². The zero-order valence-electron chi connectivity index (χ0n) is 15.1. The van der Waals surface area contributed by atoms with Crippen LogP contribution in [0.25, 0.3) is 0 Å². The summed E-state index contributed by atoms with van der Waals surface area (Å²) in [5.41, 5.74) is 5.04. The molecule has 0 aromatic heterocycles. The molecule has 3 aliphatic carbocycles. The number of hydrogen-bond donors (Lipinski definition) is 4. The van der Waals surface area contributed by atoms with Gasteiger partial charge in [0.25, 0.3) is 0 Å². The zero-order chi connectivity index (χ0) is 18.5. The first-order chi connectivity index (χ1) is 12.6. The van der Waals surface area contributed by atoms with Crippen molar-refractivity contribution in [1.82, 2.24) is 5.48 Å². The van der Waals surface area contributed by atoms with Crippen molar-refractivity contribution in [3.8, 4) is 11.8 Å². The van der Waals surface area contributed by atoms with Gasteiger partial charge in [-0.2, -0.15) is 0 Å². The van der Waals surface area contributed by atoms with E-state index in [1.807, 2.05) is 0 Å². The first-order valence-corrected chi connectivity index (χ1v) is 9.75. The van der Waals surface area contributed by atoms with Gasteiger partial charge >= 0.3 is 5.97 Å². The molecule has 0 radical (unpaired) electrons. The van der Waals surface area contributed by atoms with Gasteiger partial charge in [0, 0.05) is 18.0 Å². The number of hydroxylamine groups is 1. The van der Waals surface area contributed by atoms with Crippen LogP contribution in [0.5, 0.6) is 0 Å². The molecule has 0 aromatic carbocycles. The molecule has 3 aliphatic rings. The SMILES string of the molecule is O=C(O)CCCONC1=C2CC(O)C(C#CC(O)C3CCCCC3)C2C1. The van der Waals surface area contributed by atoms with Crippen molar-refractivity contribution in [2.24, 2.45) is 17.8 Å². The Morgan fingerprint density at radius 2 is 2.04 bits per heavy atom. The predicted molar refractivity (Wildman–Crippen MR) is 95.6 cm³/mol.